The Morgan fingerprint density at radius 3 is 2.67 bits per heavy atom. The van der Waals surface area contributed by atoms with Crippen LogP contribution in [-0.4, -0.2) is 24.8 Å². The minimum atomic E-state index is -0.0177. The summed E-state index contributed by atoms with van der Waals surface area (Å²) < 4.78 is 0. The van der Waals surface area contributed by atoms with Gasteiger partial charge in [-0.2, -0.15) is 0 Å². The van der Waals surface area contributed by atoms with Crippen LogP contribution >= 0.6 is 0 Å². The molecule has 0 atom stereocenters. The Labute approximate surface area is 75.4 Å². The van der Waals surface area contributed by atoms with Crippen molar-refractivity contribution in [1.82, 2.24) is 5.32 Å². The van der Waals surface area contributed by atoms with Crippen molar-refractivity contribution >= 4 is 0 Å². The lowest BCUT2D eigenvalue weighted by molar-refractivity contribution is 0.157. The summed E-state index contributed by atoms with van der Waals surface area (Å²) in [5.41, 5.74) is -0.0177. The lowest BCUT2D eigenvalue weighted by Crippen LogP contribution is -2.32. The lowest BCUT2D eigenvalue weighted by atomic mass is 9.95. The fourth-order valence-corrected chi connectivity index (χ4v) is 0.798. The van der Waals surface area contributed by atoms with Crippen LogP contribution in [0.3, 0.4) is 0 Å². The van der Waals surface area contributed by atoms with E-state index >= 15 is 0 Å². The van der Waals surface area contributed by atoms with Gasteiger partial charge >= 0.3 is 0 Å². The highest BCUT2D eigenvalue weighted by Gasteiger charge is 2.14. The molecule has 2 heteroatoms. The second-order valence-corrected chi connectivity index (χ2v) is 3.81. The number of terminal acetylenes is 1. The fraction of sp³-hybridized carbons (Fsp3) is 0.800. The molecule has 0 aromatic rings. The Bertz CT molecular complexity index is 146. The molecule has 2 N–H and O–H groups in total. The predicted molar refractivity (Wildman–Crippen MR) is 51.8 cm³/mol. The highest BCUT2D eigenvalue weighted by molar-refractivity contribution is 4.83. The van der Waals surface area contributed by atoms with Gasteiger partial charge in [0.05, 0.1) is 0 Å². The van der Waals surface area contributed by atoms with Crippen molar-refractivity contribution in [3.05, 3.63) is 0 Å². The fourth-order valence-electron chi connectivity index (χ4n) is 0.798. The molecule has 0 saturated heterocycles. The Balaban J connectivity index is 3.26. The largest absolute Gasteiger partial charge is 0.396 e. The van der Waals surface area contributed by atoms with E-state index in [1.807, 2.05) is 13.8 Å². The molecule has 0 fully saturated rings. The van der Waals surface area contributed by atoms with Crippen molar-refractivity contribution in [2.45, 2.75) is 26.7 Å². The summed E-state index contributed by atoms with van der Waals surface area (Å²) in [5.74, 6) is 2.59. The zero-order chi connectivity index (χ0) is 9.45. The molecule has 0 radical (unpaired) electrons. The first-order valence-corrected chi connectivity index (χ1v) is 4.37. The van der Waals surface area contributed by atoms with E-state index in [0.29, 0.717) is 0 Å². The van der Waals surface area contributed by atoms with Crippen LogP contribution in [0.2, 0.25) is 0 Å². The predicted octanol–water partition coefficient (Wildman–Crippen LogP) is 1.01. The molecule has 0 spiro atoms. The van der Waals surface area contributed by atoms with Gasteiger partial charge in [-0.3, -0.25) is 0 Å². The molecule has 2 nitrogen and oxygen atoms in total. The Morgan fingerprint density at radius 1 is 1.50 bits per heavy atom. The second-order valence-electron chi connectivity index (χ2n) is 3.81. The molecule has 0 unspecified atom stereocenters. The molecule has 0 aliphatic rings. The molecule has 0 aromatic carbocycles. The van der Waals surface area contributed by atoms with Gasteiger partial charge in [0.2, 0.25) is 0 Å². The average Bonchev–Trinajstić information content (AvgIpc) is 2.04. The number of unbranched alkanes of at least 4 members (excludes halogenated alkanes) is 1. The van der Waals surface area contributed by atoms with Crippen LogP contribution < -0.4 is 5.32 Å². The maximum Gasteiger partial charge on any atom is 0.0494 e. The molecular formula is C10H19NO. The monoisotopic (exact) mass is 169 g/mol. The first-order valence-electron chi connectivity index (χ1n) is 4.37. The van der Waals surface area contributed by atoms with E-state index in [2.05, 4.69) is 11.2 Å². The maximum atomic E-state index is 8.92. The third-order valence-corrected chi connectivity index (χ3v) is 1.71. The number of aliphatic hydroxyl groups excluding tert-OH is 1. The Morgan fingerprint density at radius 2 is 2.17 bits per heavy atom. The Hall–Kier alpha value is -0.520. The molecule has 0 bridgehead atoms. The molecule has 0 aromatic heterocycles. The molecule has 70 valence electrons. The summed E-state index contributed by atoms with van der Waals surface area (Å²) in [6.07, 6.45) is 6.94. The third kappa shape index (κ3) is 6.21. The summed E-state index contributed by atoms with van der Waals surface area (Å²) in [6.45, 7) is 6.05. The van der Waals surface area contributed by atoms with Crippen LogP contribution in [0, 0.1) is 17.8 Å². The highest BCUT2D eigenvalue weighted by atomic mass is 16.3. The molecular weight excluding hydrogens is 150 g/mol. The van der Waals surface area contributed by atoms with Crippen molar-refractivity contribution in [3.63, 3.8) is 0 Å². The lowest BCUT2D eigenvalue weighted by Gasteiger charge is -2.21. The van der Waals surface area contributed by atoms with Crippen molar-refractivity contribution < 1.29 is 5.11 Å². The maximum absolute atomic E-state index is 8.92. The highest BCUT2D eigenvalue weighted by Crippen LogP contribution is 2.10. The van der Waals surface area contributed by atoms with Gasteiger partial charge in [0.25, 0.3) is 0 Å². The van der Waals surface area contributed by atoms with E-state index in [1.165, 1.54) is 0 Å². The van der Waals surface area contributed by atoms with Crippen LogP contribution in [0.5, 0.6) is 0 Å². The van der Waals surface area contributed by atoms with Crippen LogP contribution in [0.15, 0.2) is 0 Å². The zero-order valence-electron chi connectivity index (χ0n) is 8.06. The second kappa shape index (κ2) is 6.05. The quantitative estimate of drug-likeness (QED) is 0.459. The average molecular weight is 169 g/mol. The van der Waals surface area contributed by atoms with Crippen LogP contribution in [0.1, 0.15) is 26.7 Å². The summed E-state index contributed by atoms with van der Waals surface area (Å²) in [4.78, 5) is 0. The van der Waals surface area contributed by atoms with Crippen molar-refractivity contribution in [2.75, 3.05) is 19.7 Å². The summed E-state index contributed by atoms with van der Waals surface area (Å²) in [6, 6.07) is 0. The van der Waals surface area contributed by atoms with E-state index in [0.717, 1.165) is 25.9 Å². The molecule has 12 heavy (non-hydrogen) atoms. The normalized spacial score (nSPS) is 11.2. The number of nitrogens with one attached hydrogen (secondary N) is 1. The van der Waals surface area contributed by atoms with Crippen molar-refractivity contribution in [3.8, 4) is 12.3 Å². The topological polar surface area (TPSA) is 32.3 Å². The smallest absolute Gasteiger partial charge is 0.0494 e. The van der Waals surface area contributed by atoms with Gasteiger partial charge in [0.1, 0.15) is 0 Å². The molecule has 0 heterocycles. The van der Waals surface area contributed by atoms with Gasteiger partial charge in [0, 0.05) is 25.0 Å². The first kappa shape index (κ1) is 11.5. The van der Waals surface area contributed by atoms with Crippen LogP contribution in [0.25, 0.3) is 0 Å². The third-order valence-electron chi connectivity index (χ3n) is 1.71. The molecule has 0 amide bonds. The number of rotatable bonds is 6. The minimum absolute atomic E-state index is 0.0177. The Kier molecular flexibility index (Phi) is 5.79. The van der Waals surface area contributed by atoms with E-state index in [1.54, 1.807) is 0 Å². The van der Waals surface area contributed by atoms with Gasteiger partial charge in [0.15, 0.2) is 0 Å². The summed E-state index contributed by atoms with van der Waals surface area (Å²) in [7, 11) is 0. The molecule has 0 rings (SSSR count). The van der Waals surface area contributed by atoms with Gasteiger partial charge in [-0.05, 0) is 13.0 Å². The van der Waals surface area contributed by atoms with Crippen LogP contribution in [-0.2, 0) is 0 Å². The minimum Gasteiger partial charge on any atom is -0.396 e. The molecule has 0 aliphatic heterocycles. The van der Waals surface area contributed by atoms with Gasteiger partial charge in [-0.1, -0.05) is 13.8 Å². The zero-order valence-corrected chi connectivity index (χ0v) is 8.06. The number of aliphatic hydroxyl groups is 1. The summed E-state index contributed by atoms with van der Waals surface area (Å²) in [5, 5.41) is 12.2. The van der Waals surface area contributed by atoms with E-state index in [4.69, 9.17) is 11.5 Å². The van der Waals surface area contributed by atoms with Gasteiger partial charge in [-0.15, -0.1) is 12.3 Å². The first-order chi connectivity index (χ1) is 5.62. The summed E-state index contributed by atoms with van der Waals surface area (Å²) >= 11 is 0. The number of hydrogen-bond donors (Lipinski definition) is 2. The SMILES string of the molecule is C#CCCCNCC(C)(C)CO. The van der Waals surface area contributed by atoms with Crippen molar-refractivity contribution in [2.24, 2.45) is 5.41 Å². The van der Waals surface area contributed by atoms with Gasteiger partial charge in [-0.25, -0.2) is 0 Å². The molecule has 0 aliphatic carbocycles. The number of hydrogen-bond acceptors (Lipinski definition) is 2. The standard InChI is InChI=1S/C10H19NO/c1-4-5-6-7-11-8-10(2,3)9-12/h1,11-12H,5-9H2,2-3H3. The van der Waals surface area contributed by atoms with E-state index in [-0.39, 0.29) is 12.0 Å². The molecule has 0 saturated carbocycles. The van der Waals surface area contributed by atoms with Crippen LogP contribution in [0.4, 0.5) is 0 Å². The van der Waals surface area contributed by atoms with Crippen molar-refractivity contribution in [1.29, 1.82) is 0 Å². The van der Waals surface area contributed by atoms with Gasteiger partial charge < -0.3 is 10.4 Å². The van der Waals surface area contributed by atoms with E-state index in [9.17, 15) is 0 Å². The van der Waals surface area contributed by atoms with E-state index < -0.39 is 0 Å².